The first-order valence-corrected chi connectivity index (χ1v) is 21.0. The van der Waals surface area contributed by atoms with E-state index >= 15 is 0 Å². The van der Waals surface area contributed by atoms with Crippen LogP contribution in [-0.4, -0.2) is 42.3 Å². The van der Waals surface area contributed by atoms with E-state index in [0.29, 0.717) is 11.4 Å². The van der Waals surface area contributed by atoms with Crippen molar-refractivity contribution in [1.29, 1.82) is 0 Å². The number of aliphatic hydroxyl groups is 1. The van der Waals surface area contributed by atoms with Crippen LogP contribution in [0.15, 0.2) is 137 Å². The van der Waals surface area contributed by atoms with Crippen molar-refractivity contribution in [1.82, 2.24) is 9.71 Å². The summed E-state index contributed by atoms with van der Waals surface area (Å²) in [6, 6.07) is 37.9. The van der Waals surface area contributed by atoms with Crippen molar-refractivity contribution in [2.24, 2.45) is 5.92 Å². The molecule has 5 unspecified atom stereocenters. The summed E-state index contributed by atoms with van der Waals surface area (Å²) in [5.74, 6) is 0.188. The quantitative estimate of drug-likeness (QED) is 0.100. The maximum atomic E-state index is 13.7. The molecule has 278 valence electrons. The summed E-state index contributed by atoms with van der Waals surface area (Å²) < 4.78 is 44.7. The van der Waals surface area contributed by atoms with E-state index < -0.39 is 28.3 Å². The molecule has 7 rings (SSSR count). The van der Waals surface area contributed by atoms with Gasteiger partial charge in [0.05, 0.1) is 33.9 Å². The Morgan fingerprint density at radius 3 is 2.24 bits per heavy atom. The lowest BCUT2D eigenvalue weighted by Crippen LogP contribution is -2.45. The summed E-state index contributed by atoms with van der Waals surface area (Å²) >= 11 is 3.33. The van der Waals surface area contributed by atoms with Crippen LogP contribution in [0.4, 0.5) is 5.69 Å². The fraction of sp³-hybridized carbons (Fsp3) is 0.238. The van der Waals surface area contributed by atoms with E-state index in [9.17, 15) is 18.3 Å². The Hall–Kier alpha value is -4.40. The van der Waals surface area contributed by atoms with E-state index in [1.54, 1.807) is 47.4 Å². The number of rotatable bonds is 13. The molecule has 0 bridgehead atoms. The molecule has 3 N–H and O–H groups in total. The molecule has 54 heavy (non-hydrogen) atoms. The molecule has 1 aliphatic rings. The van der Waals surface area contributed by atoms with Crippen molar-refractivity contribution in [2.45, 2.75) is 60.7 Å². The van der Waals surface area contributed by atoms with E-state index in [2.05, 4.69) is 23.0 Å². The van der Waals surface area contributed by atoms with Crippen LogP contribution in [0, 0.1) is 12.8 Å². The molecule has 1 amide bonds. The molecular formula is C42H41N3O6S3. The van der Waals surface area contributed by atoms with Crippen LogP contribution in [0.3, 0.4) is 0 Å². The van der Waals surface area contributed by atoms with Crippen LogP contribution in [0.1, 0.15) is 47.1 Å². The van der Waals surface area contributed by atoms with Gasteiger partial charge in [-0.25, -0.2) is 13.4 Å². The lowest BCUT2D eigenvalue weighted by molar-refractivity contribution is -0.268. The van der Waals surface area contributed by atoms with Crippen LogP contribution >= 0.6 is 23.1 Å². The second-order valence-corrected chi connectivity index (χ2v) is 17.4. The van der Waals surface area contributed by atoms with Gasteiger partial charge in [-0.15, -0.1) is 11.3 Å². The van der Waals surface area contributed by atoms with Crippen molar-refractivity contribution in [3.8, 4) is 0 Å². The number of sulfonamides is 1. The molecule has 0 saturated carbocycles. The van der Waals surface area contributed by atoms with Gasteiger partial charge in [-0.1, -0.05) is 115 Å². The number of thiazole rings is 1. The van der Waals surface area contributed by atoms with Crippen molar-refractivity contribution < 1.29 is 27.8 Å². The maximum Gasteiger partial charge on any atom is 0.242 e. The summed E-state index contributed by atoms with van der Waals surface area (Å²) in [6.45, 7) is 3.97. The predicted molar refractivity (Wildman–Crippen MR) is 214 cm³/mol. The Morgan fingerprint density at radius 1 is 0.852 bits per heavy atom. The summed E-state index contributed by atoms with van der Waals surface area (Å²) in [7, 11) is -3.99. The highest BCUT2D eigenvalue weighted by Gasteiger charge is 2.38. The zero-order valence-electron chi connectivity index (χ0n) is 29.8. The smallest absolute Gasteiger partial charge is 0.242 e. The number of nitrogens with one attached hydrogen (secondary N) is 2. The lowest BCUT2D eigenvalue weighted by atomic mass is 9.91. The first kappa shape index (κ1) is 37.9. The number of amides is 1. The number of thioether (sulfide) groups is 1. The summed E-state index contributed by atoms with van der Waals surface area (Å²) in [5.41, 5.74) is 5.81. The molecule has 1 aliphatic heterocycles. The Bertz CT molecular complexity index is 2250. The SMILES string of the molecule is Cc1ccc(S(=O)(=O)NC(Cc2ccccc2)C(=O)Nc2ccc(C3OC(CSc4nc5ccccc5s4)C(C)C(c4ccc(CO)cc4)O3)cc2)cc1. The zero-order chi connectivity index (χ0) is 37.7. The average Bonchev–Trinajstić information content (AvgIpc) is 3.61. The summed E-state index contributed by atoms with van der Waals surface area (Å²) in [4.78, 5) is 18.6. The number of fused-ring (bicyclic) bond motifs is 1. The molecule has 5 aromatic carbocycles. The van der Waals surface area contributed by atoms with Gasteiger partial charge in [0.25, 0.3) is 0 Å². The fourth-order valence-corrected chi connectivity index (χ4v) is 9.79. The number of anilines is 1. The van der Waals surface area contributed by atoms with Crippen LogP contribution in [0.25, 0.3) is 10.2 Å². The molecule has 0 radical (unpaired) electrons. The number of benzene rings is 5. The standard InChI is InChI=1S/C42H41N3O6S3/c1-27-12-22-34(23-13-27)54(48,49)45-36(24-29-8-4-3-5-9-29)40(47)43-33-20-18-32(19-21-33)41-50-37(26-52-42-44-35-10-6-7-11-38(35)53-42)28(2)39(51-41)31-16-14-30(25-46)15-17-31/h3-23,28,36-37,39,41,45-46H,24-26H2,1-2H3,(H,43,47). The molecule has 0 spiro atoms. The van der Waals surface area contributed by atoms with Gasteiger partial charge in [-0.2, -0.15) is 4.72 Å². The van der Waals surface area contributed by atoms with Crippen LogP contribution < -0.4 is 10.0 Å². The number of carbonyl (C=O) groups is 1. The van der Waals surface area contributed by atoms with Gasteiger partial charge in [0, 0.05) is 22.9 Å². The Kier molecular flexibility index (Phi) is 11.9. The van der Waals surface area contributed by atoms with Crippen molar-refractivity contribution >= 4 is 54.9 Å². The second kappa shape index (κ2) is 17.0. The average molecular weight is 780 g/mol. The number of carbonyl (C=O) groups excluding carboxylic acids is 1. The van der Waals surface area contributed by atoms with E-state index in [4.69, 9.17) is 14.5 Å². The zero-order valence-corrected chi connectivity index (χ0v) is 32.2. The van der Waals surface area contributed by atoms with E-state index in [1.165, 1.54) is 12.1 Å². The topological polar surface area (TPSA) is 127 Å². The van der Waals surface area contributed by atoms with Gasteiger partial charge in [-0.3, -0.25) is 4.79 Å². The molecule has 9 nitrogen and oxygen atoms in total. The molecule has 0 aliphatic carbocycles. The maximum absolute atomic E-state index is 13.7. The van der Waals surface area contributed by atoms with Crippen LogP contribution in [-0.2, 0) is 37.3 Å². The van der Waals surface area contributed by atoms with Gasteiger partial charge >= 0.3 is 0 Å². The lowest BCUT2D eigenvalue weighted by Gasteiger charge is -2.41. The third-order valence-electron chi connectivity index (χ3n) is 9.45. The number of aryl methyl sites for hydroxylation is 1. The molecule has 5 atom stereocenters. The number of para-hydroxylation sites is 1. The highest BCUT2D eigenvalue weighted by Crippen LogP contribution is 2.43. The largest absolute Gasteiger partial charge is 0.392 e. The Morgan fingerprint density at radius 2 is 1.54 bits per heavy atom. The van der Waals surface area contributed by atoms with Gasteiger partial charge < -0.3 is 19.9 Å². The van der Waals surface area contributed by atoms with E-state index in [-0.39, 0.29) is 36.0 Å². The van der Waals surface area contributed by atoms with Crippen molar-refractivity contribution in [2.75, 3.05) is 11.1 Å². The Balaban J connectivity index is 1.09. The van der Waals surface area contributed by atoms with Gasteiger partial charge in [0.15, 0.2) is 10.6 Å². The summed E-state index contributed by atoms with van der Waals surface area (Å²) in [5, 5.41) is 12.5. The first-order chi connectivity index (χ1) is 26.1. The molecule has 1 fully saturated rings. The highest BCUT2D eigenvalue weighted by atomic mass is 32.2. The minimum Gasteiger partial charge on any atom is -0.392 e. The summed E-state index contributed by atoms with van der Waals surface area (Å²) in [6.07, 6.45) is -0.990. The number of aliphatic hydroxyl groups excluding tert-OH is 1. The number of nitrogens with zero attached hydrogens (tertiary/aromatic N) is 1. The third-order valence-corrected chi connectivity index (χ3v) is 13.2. The van der Waals surface area contributed by atoms with Gasteiger partial charge in [0.2, 0.25) is 15.9 Å². The second-order valence-electron chi connectivity index (χ2n) is 13.4. The van der Waals surface area contributed by atoms with Gasteiger partial charge in [0.1, 0.15) is 6.04 Å². The van der Waals surface area contributed by atoms with E-state index in [0.717, 1.165) is 42.4 Å². The molecule has 1 aromatic heterocycles. The predicted octanol–water partition coefficient (Wildman–Crippen LogP) is 8.21. The first-order valence-electron chi connectivity index (χ1n) is 17.7. The van der Waals surface area contributed by atoms with Crippen molar-refractivity contribution in [3.63, 3.8) is 0 Å². The minimum absolute atomic E-state index is 0.00639. The molecule has 6 aromatic rings. The normalized spacial score (nSPS) is 19.4. The number of hydrogen-bond donors (Lipinski definition) is 3. The fourth-order valence-electron chi connectivity index (χ4n) is 6.34. The van der Waals surface area contributed by atoms with Crippen molar-refractivity contribution in [3.05, 3.63) is 155 Å². The monoisotopic (exact) mass is 779 g/mol. The third kappa shape index (κ3) is 9.10. The van der Waals surface area contributed by atoms with E-state index in [1.807, 2.05) is 91.9 Å². The minimum atomic E-state index is -3.99. The number of hydrogen-bond acceptors (Lipinski definition) is 9. The molecular weight excluding hydrogens is 739 g/mol. The van der Waals surface area contributed by atoms with Gasteiger partial charge in [-0.05, 0) is 66.4 Å². The highest BCUT2D eigenvalue weighted by molar-refractivity contribution is 8.01. The van der Waals surface area contributed by atoms with Crippen LogP contribution in [0.5, 0.6) is 0 Å². The number of ether oxygens (including phenoxy) is 2. The number of aromatic nitrogens is 1. The van der Waals surface area contributed by atoms with Crippen LogP contribution in [0.2, 0.25) is 0 Å². The Labute approximate surface area is 323 Å². The molecule has 12 heteroatoms. The molecule has 2 heterocycles. The molecule has 1 saturated heterocycles.